The lowest BCUT2D eigenvalue weighted by Crippen LogP contribution is -2.31. The van der Waals surface area contributed by atoms with Gasteiger partial charge in [0.25, 0.3) is 0 Å². The third kappa shape index (κ3) is 4.55. The Morgan fingerprint density at radius 1 is 1.17 bits per heavy atom. The molecule has 0 saturated carbocycles. The van der Waals surface area contributed by atoms with Crippen molar-refractivity contribution in [3.05, 3.63) is 65.2 Å². The molecule has 0 amide bonds. The fourth-order valence-electron chi connectivity index (χ4n) is 2.38. The van der Waals surface area contributed by atoms with Crippen molar-refractivity contribution in [2.45, 2.75) is 26.8 Å². The molecule has 4 nitrogen and oxygen atoms in total. The molecule has 0 fully saturated rings. The predicted molar refractivity (Wildman–Crippen MR) is 101 cm³/mol. The van der Waals surface area contributed by atoms with Crippen LogP contribution in [-0.4, -0.2) is 17.7 Å². The Morgan fingerprint density at radius 3 is 2.54 bits per heavy atom. The Kier molecular flexibility index (Phi) is 6.32. The van der Waals surface area contributed by atoms with Gasteiger partial charge in [-0.1, -0.05) is 36.4 Å². The quantitative estimate of drug-likeness (QED) is 0.629. The molecule has 2 aromatic rings. The minimum atomic E-state index is -0.324. The van der Waals surface area contributed by atoms with E-state index in [1.807, 2.05) is 56.3 Å². The highest BCUT2D eigenvalue weighted by atomic mass is 32.1. The number of rotatable bonds is 5. The second-order valence-electron chi connectivity index (χ2n) is 5.43. The van der Waals surface area contributed by atoms with Gasteiger partial charge < -0.3 is 15.4 Å². The molecule has 0 spiro atoms. The zero-order valence-electron chi connectivity index (χ0n) is 14.1. The van der Waals surface area contributed by atoms with Crippen LogP contribution in [0.4, 0.5) is 5.69 Å². The minimum Gasteiger partial charge on any atom is -0.462 e. The molecular formula is C19H22N2O2S. The molecule has 126 valence electrons. The van der Waals surface area contributed by atoms with Crippen LogP contribution in [0.15, 0.2) is 48.5 Å². The summed E-state index contributed by atoms with van der Waals surface area (Å²) >= 11 is 5.39. The summed E-state index contributed by atoms with van der Waals surface area (Å²) in [5, 5.41) is 6.92. The molecule has 0 unspecified atom stereocenters. The van der Waals surface area contributed by atoms with E-state index in [1.165, 1.54) is 0 Å². The third-order valence-electron chi connectivity index (χ3n) is 3.72. The molecule has 0 aliphatic carbocycles. The summed E-state index contributed by atoms with van der Waals surface area (Å²) in [6.45, 7) is 6.06. The summed E-state index contributed by atoms with van der Waals surface area (Å²) in [6, 6.07) is 15.6. The van der Waals surface area contributed by atoms with Gasteiger partial charge in [0.05, 0.1) is 18.2 Å². The maximum atomic E-state index is 12.0. The number of thiocarbonyl (C=S) groups is 1. The maximum Gasteiger partial charge on any atom is 0.338 e. The average Bonchev–Trinajstić information content (AvgIpc) is 2.57. The van der Waals surface area contributed by atoms with Crippen LogP contribution in [0.3, 0.4) is 0 Å². The molecule has 0 saturated heterocycles. The van der Waals surface area contributed by atoms with Crippen LogP contribution in [-0.2, 0) is 4.74 Å². The SMILES string of the molecule is CCOC(=O)c1cccc(NC(=S)N[C@@H](C)c2ccccc2)c1C. The van der Waals surface area contributed by atoms with E-state index in [1.54, 1.807) is 13.0 Å². The Labute approximate surface area is 148 Å². The number of benzene rings is 2. The summed E-state index contributed by atoms with van der Waals surface area (Å²) in [5.74, 6) is -0.324. The first-order chi connectivity index (χ1) is 11.5. The van der Waals surface area contributed by atoms with Gasteiger partial charge in [0, 0.05) is 5.69 Å². The van der Waals surface area contributed by atoms with Crippen molar-refractivity contribution < 1.29 is 9.53 Å². The van der Waals surface area contributed by atoms with Crippen LogP contribution in [0, 0.1) is 6.92 Å². The van der Waals surface area contributed by atoms with Crippen molar-refractivity contribution >= 4 is 29.0 Å². The van der Waals surface area contributed by atoms with Gasteiger partial charge in [-0.05, 0) is 56.2 Å². The van der Waals surface area contributed by atoms with Gasteiger partial charge in [0.15, 0.2) is 5.11 Å². The molecule has 0 radical (unpaired) electrons. The average molecular weight is 342 g/mol. The van der Waals surface area contributed by atoms with Crippen LogP contribution >= 0.6 is 12.2 Å². The first-order valence-corrected chi connectivity index (χ1v) is 8.33. The van der Waals surface area contributed by atoms with Crippen molar-refractivity contribution in [1.29, 1.82) is 0 Å². The molecule has 1 atom stereocenters. The van der Waals surface area contributed by atoms with Crippen LogP contribution < -0.4 is 10.6 Å². The zero-order chi connectivity index (χ0) is 17.5. The van der Waals surface area contributed by atoms with Crippen LogP contribution in [0.1, 0.15) is 41.4 Å². The van der Waals surface area contributed by atoms with Gasteiger partial charge >= 0.3 is 5.97 Å². The van der Waals surface area contributed by atoms with E-state index in [2.05, 4.69) is 10.6 Å². The van der Waals surface area contributed by atoms with Gasteiger partial charge in [-0.25, -0.2) is 4.79 Å². The predicted octanol–water partition coefficient (Wildman–Crippen LogP) is 4.22. The minimum absolute atomic E-state index is 0.0831. The van der Waals surface area contributed by atoms with Gasteiger partial charge in [0.1, 0.15) is 0 Å². The highest BCUT2D eigenvalue weighted by molar-refractivity contribution is 7.80. The van der Waals surface area contributed by atoms with E-state index in [4.69, 9.17) is 17.0 Å². The monoisotopic (exact) mass is 342 g/mol. The number of hydrogen-bond donors (Lipinski definition) is 2. The van der Waals surface area contributed by atoms with Gasteiger partial charge in [0.2, 0.25) is 0 Å². The zero-order valence-corrected chi connectivity index (χ0v) is 14.9. The van der Waals surface area contributed by atoms with E-state index in [-0.39, 0.29) is 12.0 Å². The van der Waals surface area contributed by atoms with E-state index in [0.717, 1.165) is 16.8 Å². The van der Waals surface area contributed by atoms with Crippen LogP contribution in [0.25, 0.3) is 0 Å². The summed E-state index contributed by atoms with van der Waals surface area (Å²) in [6.07, 6.45) is 0. The Balaban J connectivity index is 2.06. The maximum absolute atomic E-state index is 12.0. The molecule has 2 aromatic carbocycles. The number of carbonyl (C=O) groups is 1. The normalized spacial score (nSPS) is 11.5. The third-order valence-corrected chi connectivity index (χ3v) is 3.94. The second kappa shape index (κ2) is 8.45. The number of ether oxygens (including phenoxy) is 1. The van der Waals surface area contributed by atoms with E-state index in [9.17, 15) is 4.79 Å². The number of hydrogen-bond acceptors (Lipinski definition) is 3. The Hall–Kier alpha value is -2.40. The Bertz CT molecular complexity index is 717. The molecule has 0 heterocycles. The molecule has 2 rings (SSSR count). The number of esters is 1. The van der Waals surface area contributed by atoms with Crippen LogP contribution in [0.2, 0.25) is 0 Å². The fourth-order valence-corrected chi connectivity index (χ4v) is 2.67. The van der Waals surface area contributed by atoms with Crippen molar-refractivity contribution in [1.82, 2.24) is 5.32 Å². The number of anilines is 1. The summed E-state index contributed by atoms with van der Waals surface area (Å²) in [7, 11) is 0. The molecular weight excluding hydrogens is 320 g/mol. The number of carbonyl (C=O) groups excluding carboxylic acids is 1. The van der Waals surface area contributed by atoms with Crippen molar-refractivity contribution in [3.8, 4) is 0 Å². The van der Waals surface area contributed by atoms with Crippen molar-refractivity contribution in [2.24, 2.45) is 0 Å². The summed E-state index contributed by atoms with van der Waals surface area (Å²) in [4.78, 5) is 12.0. The van der Waals surface area contributed by atoms with Gasteiger partial charge in [-0.3, -0.25) is 0 Å². The van der Waals surface area contributed by atoms with Crippen LogP contribution in [0.5, 0.6) is 0 Å². The molecule has 0 aromatic heterocycles. The lowest BCUT2D eigenvalue weighted by molar-refractivity contribution is 0.0525. The van der Waals surface area contributed by atoms with Crippen molar-refractivity contribution in [2.75, 3.05) is 11.9 Å². The van der Waals surface area contributed by atoms with Gasteiger partial charge in [-0.2, -0.15) is 0 Å². The first-order valence-electron chi connectivity index (χ1n) is 7.92. The molecule has 0 aliphatic heterocycles. The molecule has 0 bridgehead atoms. The molecule has 24 heavy (non-hydrogen) atoms. The smallest absolute Gasteiger partial charge is 0.338 e. The first kappa shape index (κ1) is 17.9. The summed E-state index contributed by atoms with van der Waals surface area (Å²) in [5.41, 5.74) is 3.30. The molecule has 2 N–H and O–H groups in total. The summed E-state index contributed by atoms with van der Waals surface area (Å²) < 4.78 is 5.08. The van der Waals surface area contributed by atoms with E-state index >= 15 is 0 Å². The topological polar surface area (TPSA) is 50.4 Å². The van der Waals surface area contributed by atoms with E-state index in [0.29, 0.717) is 17.3 Å². The second-order valence-corrected chi connectivity index (χ2v) is 5.84. The van der Waals surface area contributed by atoms with E-state index < -0.39 is 0 Å². The lowest BCUT2D eigenvalue weighted by atomic mass is 10.1. The largest absolute Gasteiger partial charge is 0.462 e. The highest BCUT2D eigenvalue weighted by Gasteiger charge is 2.14. The van der Waals surface area contributed by atoms with Crippen molar-refractivity contribution in [3.63, 3.8) is 0 Å². The fraction of sp³-hybridized carbons (Fsp3) is 0.263. The van der Waals surface area contributed by atoms with Gasteiger partial charge in [-0.15, -0.1) is 0 Å². The molecule has 5 heteroatoms. The lowest BCUT2D eigenvalue weighted by Gasteiger charge is -2.19. The number of nitrogens with one attached hydrogen (secondary N) is 2. The Morgan fingerprint density at radius 2 is 1.88 bits per heavy atom. The highest BCUT2D eigenvalue weighted by Crippen LogP contribution is 2.20. The molecule has 0 aliphatic rings. The standard InChI is InChI=1S/C19H22N2O2S/c1-4-23-18(22)16-11-8-12-17(13(16)2)21-19(24)20-14(3)15-9-6-5-7-10-15/h5-12,14H,4H2,1-3H3,(H2,20,21,24)/t14-/m0/s1.